The molecule has 0 saturated carbocycles. The van der Waals surface area contributed by atoms with E-state index in [0.29, 0.717) is 36.0 Å². The predicted octanol–water partition coefficient (Wildman–Crippen LogP) is 0.529. The fourth-order valence-corrected chi connectivity index (χ4v) is 2.78. The van der Waals surface area contributed by atoms with Crippen molar-refractivity contribution >= 4 is 17.5 Å². The Kier molecular flexibility index (Phi) is 6.08. The molecule has 1 aliphatic rings. The molecular formula is C17H25N3O5. The van der Waals surface area contributed by atoms with Gasteiger partial charge < -0.3 is 30.2 Å². The Hall–Kier alpha value is -2.48. The average Bonchev–Trinajstić information content (AvgIpc) is 3.01. The van der Waals surface area contributed by atoms with Crippen LogP contribution in [-0.4, -0.2) is 52.3 Å². The largest absolute Gasteiger partial charge is 0.493 e. The number of hydrogen-bond acceptors (Lipinski definition) is 6. The maximum atomic E-state index is 12.4. The minimum Gasteiger partial charge on any atom is -0.493 e. The van der Waals surface area contributed by atoms with Crippen LogP contribution in [0.4, 0.5) is 5.69 Å². The van der Waals surface area contributed by atoms with Crippen LogP contribution in [0.3, 0.4) is 0 Å². The van der Waals surface area contributed by atoms with Crippen LogP contribution in [0.2, 0.25) is 0 Å². The van der Waals surface area contributed by atoms with E-state index < -0.39 is 5.92 Å². The molecule has 2 atom stereocenters. The van der Waals surface area contributed by atoms with Crippen LogP contribution in [0.25, 0.3) is 0 Å². The van der Waals surface area contributed by atoms with Gasteiger partial charge in [-0.1, -0.05) is 0 Å². The van der Waals surface area contributed by atoms with Gasteiger partial charge in [0.25, 0.3) is 0 Å². The maximum Gasteiger partial charge on any atom is 0.227 e. The van der Waals surface area contributed by atoms with E-state index in [9.17, 15) is 9.59 Å². The third-order valence-electron chi connectivity index (χ3n) is 4.20. The first kappa shape index (κ1) is 18.9. The van der Waals surface area contributed by atoms with Gasteiger partial charge in [0.05, 0.1) is 32.9 Å². The predicted molar refractivity (Wildman–Crippen MR) is 93.2 cm³/mol. The van der Waals surface area contributed by atoms with E-state index in [1.807, 2.05) is 6.92 Å². The van der Waals surface area contributed by atoms with Crippen molar-refractivity contribution in [3.8, 4) is 17.2 Å². The molecule has 0 aliphatic carbocycles. The van der Waals surface area contributed by atoms with Crippen LogP contribution in [-0.2, 0) is 9.59 Å². The SMILES string of the molecule is COc1cc(N2CC(C(=O)N[C@@H](C)CN)CC2=O)cc(OC)c1OC. The minimum atomic E-state index is -0.416. The molecule has 0 bridgehead atoms. The van der Waals surface area contributed by atoms with Gasteiger partial charge in [0.2, 0.25) is 17.6 Å². The standard InChI is InChI=1S/C17H25N3O5/c1-10(8-18)19-17(22)11-5-15(21)20(9-11)12-6-13(23-2)16(25-4)14(7-12)24-3/h6-7,10-11H,5,8-9,18H2,1-4H3,(H,19,22)/t10-,11?/m0/s1. The van der Waals surface area contributed by atoms with Crippen molar-refractivity contribution in [2.24, 2.45) is 11.7 Å². The summed E-state index contributed by atoms with van der Waals surface area (Å²) in [5, 5.41) is 2.82. The van der Waals surface area contributed by atoms with Crippen molar-refractivity contribution in [3.63, 3.8) is 0 Å². The van der Waals surface area contributed by atoms with Crippen LogP contribution in [0, 0.1) is 5.92 Å². The van der Waals surface area contributed by atoms with Crippen LogP contribution in [0.15, 0.2) is 12.1 Å². The Morgan fingerprint density at radius 1 is 1.28 bits per heavy atom. The highest BCUT2D eigenvalue weighted by Crippen LogP contribution is 2.42. The van der Waals surface area contributed by atoms with E-state index in [4.69, 9.17) is 19.9 Å². The molecule has 0 radical (unpaired) electrons. The molecule has 8 heteroatoms. The van der Waals surface area contributed by atoms with E-state index >= 15 is 0 Å². The molecule has 25 heavy (non-hydrogen) atoms. The van der Waals surface area contributed by atoms with Crippen LogP contribution >= 0.6 is 0 Å². The third-order valence-corrected chi connectivity index (χ3v) is 4.20. The first-order valence-corrected chi connectivity index (χ1v) is 8.05. The van der Waals surface area contributed by atoms with E-state index in [-0.39, 0.29) is 24.3 Å². The number of nitrogens with zero attached hydrogens (tertiary/aromatic N) is 1. The monoisotopic (exact) mass is 351 g/mol. The quantitative estimate of drug-likeness (QED) is 0.743. The van der Waals surface area contributed by atoms with Crippen LogP contribution in [0.1, 0.15) is 13.3 Å². The van der Waals surface area contributed by atoms with Crippen molar-refractivity contribution in [3.05, 3.63) is 12.1 Å². The zero-order valence-electron chi connectivity index (χ0n) is 15.0. The lowest BCUT2D eigenvalue weighted by atomic mass is 10.1. The van der Waals surface area contributed by atoms with E-state index in [0.717, 1.165) is 0 Å². The first-order valence-electron chi connectivity index (χ1n) is 8.05. The number of methoxy groups -OCH3 is 3. The second-order valence-corrected chi connectivity index (χ2v) is 5.93. The summed E-state index contributed by atoms with van der Waals surface area (Å²) in [5.74, 6) is 0.645. The summed E-state index contributed by atoms with van der Waals surface area (Å²) in [6.45, 7) is 2.47. The molecule has 3 N–H and O–H groups in total. The van der Waals surface area contributed by atoms with Gasteiger partial charge in [0.15, 0.2) is 11.5 Å². The Morgan fingerprint density at radius 2 is 1.88 bits per heavy atom. The maximum absolute atomic E-state index is 12.4. The van der Waals surface area contributed by atoms with Gasteiger partial charge in [-0.2, -0.15) is 0 Å². The van der Waals surface area contributed by atoms with Crippen molar-refractivity contribution in [2.45, 2.75) is 19.4 Å². The molecule has 1 aromatic rings. The molecule has 0 spiro atoms. The third kappa shape index (κ3) is 3.96. The van der Waals surface area contributed by atoms with Gasteiger partial charge in [-0.15, -0.1) is 0 Å². The first-order chi connectivity index (χ1) is 11.9. The topological polar surface area (TPSA) is 103 Å². The molecule has 2 rings (SSSR count). The molecule has 2 amide bonds. The molecule has 0 aromatic heterocycles. The van der Waals surface area contributed by atoms with Gasteiger partial charge in [-0.05, 0) is 6.92 Å². The molecule has 1 aromatic carbocycles. The molecule has 1 fully saturated rings. The zero-order valence-corrected chi connectivity index (χ0v) is 15.0. The minimum absolute atomic E-state index is 0.127. The Labute approximate surface area is 147 Å². The smallest absolute Gasteiger partial charge is 0.227 e. The molecule has 1 unspecified atom stereocenters. The van der Waals surface area contributed by atoms with Crippen molar-refractivity contribution < 1.29 is 23.8 Å². The summed E-state index contributed by atoms with van der Waals surface area (Å²) in [6, 6.07) is 3.27. The lowest BCUT2D eigenvalue weighted by Gasteiger charge is -2.21. The second kappa shape index (κ2) is 8.06. The summed E-state index contributed by atoms with van der Waals surface area (Å²) in [5.41, 5.74) is 6.12. The number of ether oxygens (including phenoxy) is 3. The molecule has 1 heterocycles. The summed E-state index contributed by atoms with van der Waals surface area (Å²) >= 11 is 0. The van der Waals surface area contributed by atoms with Gasteiger partial charge in [0.1, 0.15) is 0 Å². The Bertz CT molecular complexity index is 624. The number of nitrogens with one attached hydrogen (secondary N) is 1. The highest BCUT2D eigenvalue weighted by atomic mass is 16.5. The molecule has 138 valence electrons. The molecule has 1 saturated heterocycles. The summed E-state index contributed by atoms with van der Waals surface area (Å²) in [7, 11) is 4.54. The normalized spacial score (nSPS) is 18.0. The molecular weight excluding hydrogens is 326 g/mol. The van der Waals surface area contributed by atoms with E-state index in [1.165, 1.54) is 21.3 Å². The zero-order chi connectivity index (χ0) is 18.6. The van der Waals surface area contributed by atoms with Crippen LogP contribution in [0.5, 0.6) is 17.2 Å². The Morgan fingerprint density at radius 3 is 2.36 bits per heavy atom. The highest BCUT2D eigenvalue weighted by molar-refractivity contribution is 6.00. The highest BCUT2D eigenvalue weighted by Gasteiger charge is 2.36. The van der Waals surface area contributed by atoms with Gasteiger partial charge >= 0.3 is 0 Å². The molecule has 8 nitrogen and oxygen atoms in total. The number of rotatable bonds is 7. The number of amides is 2. The average molecular weight is 351 g/mol. The van der Waals surface area contributed by atoms with Crippen molar-refractivity contribution in [2.75, 3.05) is 39.3 Å². The number of anilines is 1. The summed E-state index contributed by atoms with van der Waals surface area (Å²) < 4.78 is 15.9. The van der Waals surface area contributed by atoms with Crippen molar-refractivity contribution in [1.29, 1.82) is 0 Å². The number of benzene rings is 1. The number of carbonyl (C=O) groups excluding carboxylic acids is 2. The Balaban J connectivity index is 2.24. The van der Waals surface area contributed by atoms with E-state index in [2.05, 4.69) is 5.32 Å². The number of nitrogens with two attached hydrogens (primary N) is 1. The van der Waals surface area contributed by atoms with Gasteiger partial charge in [0, 0.05) is 37.7 Å². The summed E-state index contributed by atoms with van der Waals surface area (Å²) in [6.07, 6.45) is 0.153. The fourth-order valence-electron chi connectivity index (χ4n) is 2.78. The van der Waals surface area contributed by atoms with Gasteiger partial charge in [-0.3, -0.25) is 9.59 Å². The lowest BCUT2D eigenvalue weighted by Crippen LogP contribution is -2.41. The van der Waals surface area contributed by atoms with Crippen LogP contribution < -0.4 is 30.2 Å². The second-order valence-electron chi connectivity index (χ2n) is 5.93. The summed E-state index contributed by atoms with van der Waals surface area (Å²) in [4.78, 5) is 26.2. The van der Waals surface area contributed by atoms with Gasteiger partial charge in [-0.25, -0.2) is 0 Å². The van der Waals surface area contributed by atoms with E-state index in [1.54, 1.807) is 17.0 Å². The molecule has 1 aliphatic heterocycles. The van der Waals surface area contributed by atoms with Crippen molar-refractivity contribution in [1.82, 2.24) is 5.32 Å². The number of carbonyl (C=O) groups is 2. The number of hydrogen-bond donors (Lipinski definition) is 2. The fraction of sp³-hybridized carbons (Fsp3) is 0.529. The lowest BCUT2D eigenvalue weighted by molar-refractivity contribution is -0.126.